The summed E-state index contributed by atoms with van der Waals surface area (Å²) in [6.45, 7) is 4.02. The van der Waals surface area contributed by atoms with Crippen LogP contribution in [0.2, 0.25) is 0 Å². The van der Waals surface area contributed by atoms with Gasteiger partial charge in [0, 0.05) is 5.56 Å². The van der Waals surface area contributed by atoms with E-state index in [4.69, 9.17) is 9.47 Å². The van der Waals surface area contributed by atoms with E-state index in [1.54, 1.807) is 14.2 Å². The minimum atomic E-state index is -0.872. The molecule has 24 heavy (non-hydrogen) atoms. The molecule has 0 aliphatic rings. The standard InChI is InChI=1S/C20H24O4/c1-5-14-7-9-18(23-3)15(11-14)12-17(20(21)22)16-10-13(2)6-8-19(16)24-4/h6-11,17H,5,12H2,1-4H3,(H,21,22). The van der Waals surface area contributed by atoms with Crippen molar-refractivity contribution in [1.82, 2.24) is 0 Å². The third-order valence-corrected chi connectivity index (χ3v) is 4.24. The Morgan fingerprint density at radius 1 is 1.08 bits per heavy atom. The molecular weight excluding hydrogens is 304 g/mol. The van der Waals surface area contributed by atoms with Gasteiger partial charge in [-0.1, -0.05) is 36.8 Å². The summed E-state index contributed by atoms with van der Waals surface area (Å²) < 4.78 is 10.8. The van der Waals surface area contributed by atoms with E-state index in [0.717, 1.165) is 23.1 Å². The van der Waals surface area contributed by atoms with Gasteiger partial charge in [0.25, 0.3) is 0 Å². The molecule has 0 saturated carbocycles. The van der Waals surface area contributed by atoms with Crippen molar-refractivity contribution in [3.8, 4) is 11.5 Å². The first-order valence-corrected chi connectivity index (χ1v) is 8.03. The zero-order chi connectivity index (χ0) is 17.7. The van der Waals surface area contributed by atoms with Crippen LogP contribution in [-0.2, 0) is 17.6 Å². The molecule has 0 spiro atoms. The molecule has 0 aliphatic carbocycles. The largest absolute Gasteiger partial charge is 0.496 e. The highest BCUT2D eigenvalue weighted by molar-refractivity contribution is 5.78. The van der Waals surface area contributed by atoms with Crippen molar-refractivity contribution in [2.24, 2.45) is 0 Å². The second-order valence-electron chi connectivity index (χ2n) is 5.84. The van der Waals surface area contributed by atoms with Gasteiger partial charge >= 0.3 is 5.97 Å². The van der Waals surface area contributed by atoms with Gasteiger partial charge in [-0.2, -0.15) is 0 Å². The predicted molar refractivity (Wildman–Crippen MR) is 94.2 cm³/mol. The van der Waals surface area contributed by atoms with E-state index < -0.39 is 11.9 Å². The maximum Gasteiger partial charge on any atom is 0.311 e. The average molecular weight is 328 g/mol. The Kier molecular flexibility index (Phi) is 5.85. The van der Waals surface area contributed by atoms with E-state index in [2.05, 4.69) is 6.92 Å². The Bertz CT molecular complexity index is 722. The van der Waals surface area contributed by atoms with Crippen molar-refractivity contribution in [1.29, 1.82) is 0 Å². The summed E-state index contributed by atoms with van der Waals surface area (Å²) >= 11 is 0. The lowest BCUT2D eigenvalue weighted by atomic mass is 9.89. The molecule has 1 N–H and O–H groups in total. The maximum atomic E-state index is 11.9. The highest BCUT2D eigenvalue weighted by atomic mass is 16.5. The number of carboxylic acids is 1. The van der Waals surface area contributed by atoms with E-state index in [-0.39, 0.29) is 0 Å². The van der Waals surface area contributed by atoms with E-state index in [0.29, 0.717) is 23.5 Å². The summed E-state index contributed by atoms with van der Waals surface area (Å²) in [4.78, 5) is 11.9. The minimum absolute atomic E-state index is 0.353. The van der Waals surface area contributed by atoms with E-state index in [9.17, 15) is 9.90 Å². The lowest BCUT2D eigenvalue weighted by Crippen LogP contribution is -2.16. The van der Waals surface area contributed by atoms with E-state index in [1.165, 1.54) is 0 Å². The van der Waals surface area contributed by atoms with Crippen molar-refractivity contribution < 1.29 is 19.4 Å². The number of hydrogen-bond donors (Lipinski definition) is 1. The predicted octanol–water partition coefficient (Wildman–Crippen LogP) is 3.99. The maximum absolute atomic E-state index is 11.9. The SMILES string of the molecule is CCc1ccc(OC)c(CC(C(=O)O)c2cc(C)ccc2OC)c1. The topological polar surface area (TPSA) is 55.8 Å². The molecule has 1 unspecified atom stereocenters. The van der Waals surface area contributed by atoms with Gasteiger partial charge in [0.2, 0.25) is 0 Å². The molecule has 0 aromatic heterocycles. The van der Waals surface area contributed by atoms with Crippen LogP contribution in [0, 0.1) is 6.92 Å². The first kappa shape index (κ1) is 17.9. The molecule has 128 valence electrons. The van der Waals surface area contributed by atoms with Crippen molar-refractivity contribution in [3.63, 3.8) is 0 Å². The molecule has 2 aromatic carbocycles. The Morgan fingerprint density at radius 3 is 2.33 bits per heavy atom. The van der Waals surface area contributed by atoms with Crippen LogP contribution < -0.4 is 9.47 Å². The Hall–Kier alpha value is -2.49. The van der Waals surface area contributed by atoms with Crippen molar-refractivity contribution in [2.75, 3.05) is 14.2 Å². The van der Waals surface area contributed by atoms with Gasteiger partial charge in [-0.15, -0.1) is 0 Å². The number of methoxy groups -OCH3 is 2. The first-order valence-electron chi connectivity index (χ1n) is 8.03. The minimum Gasteiger partial charge on any atom is -0.496 e. The summed E-state index contributed by atoms with van der Waals surface area (Å²) in [6, 6.07) is 11.6. The molecule has 0 amide bonds. The van der Waals surface area contributed by atoms with Crippen molar-refractivity contribution >= 4 is 5.97 Å². The Balaban J connectivity index is 2.47. The fourth-order valence-electron chi connectivity index (χ4n) is 2.89. The first-order chi connectivity index (χ1) is 11.5. The molecule has 4 heteroatoms. The summed E-state index contributed by atoms with van der Waals surface area (Å²) in [7, 11) is 3.17. The zero-order valence-corrected chi connectivity index (χ0v) is 14.6. The molecule has 1 atom stereocenters. The van der Waals surface area contributed by atoms with Crippen LogP contribution in [-0.4, -0.2) is 25.3 Å². The van der Waals surface area contributed by atoms with Crippen LogP contribution in [0.1, 0.15) is 35.1 Å². The van der Waals surface area contributed by atoms with Gasteiger partial charge in [-0.25, -0.2) is 0 Å². The van der Waals surface area contributed by atoms with Crippen LogP contribution >= 0.6 is 0 Å². The normalized spacial score (nSPS) is 11.8. The third kappa shape index (κ3) is 3.88. The lowest BCUT2D eigenvalue weighted by molar-refractivity contribution is -0.138. The van der Waals surface area contributed by atoms with Crippen molar-refractivity contribution in [3.05, 3.63) is 58.7 Å². The summed E-state index contributed by atoms with van der Waals surface area (Å²) in [6.07, 6.45) is 1.24. The highest BCUT2D eigenvalue weighted by Gasteiger charge is 2.25. The smallest absolute Gasteiger partial charge is 0.311 e. The summed E-state index contributed by atoms with van der Waals surface area (Å²) in [5.41, 5.74) is 3.75. The third-order valence-electron chi connectivity index (χ3n) is 4.24. The number of aliphatic carboxylic acids is 1. The van der Waals surface area contributed by atoms with Crippen LogP contribution in [0.3, 0.4) is 0 Å². The average Bonchev–Trinajstić information content (AvgIpc) is 2.59. The number of aryl methyl sites for hydroxylation is 2. The van der Waals surface area contributed by atoms with E-state index in [1.807, 2.05) is 43.3 Å². The number of hydrogen-bond acceptors (Lipinski definition) is 3. The monoisotopic (exact) mass is 328 g/mol. The second-order valence-corrected chi connectivity index (χ2v) is 5.84. The van der Waals surface area contributed by atoms with E-state index >= 15 is 0 Å². The summed E-state index contributed by atoms with van der Waals surface area (Å²) in [5, 5.41) is 9.79. The molecule has 2 aromatic rings. The van der Waals surface area contributed by atoms with Gasteiger partial charge in [0.15, 0.2) is 0 Å². The molecule has 4 nitrogen and oxygen atoms in total. The fraction of sp³-hybridized carbons (Fsp3) is 0.350. The number of benzene rings is 2. The van der Waals surface area contributed by atoms with Gasteiger partial charge in [-0.05, 0) is 43.0 Å². The van der Waals surface area contributed by atoms with Crippen LogP contribution in [0.5, 0.6) is 11.5 Å². The highest BCUT2D eigenvalue weighted by Crippen LogP contribution is 2.33. The van der Waals surface area contributed by atoms with Gasteiger partial charge < -0.3 is 14.6 Å². The molecule has 0 fully saturated rings. The zero-order valence-electron chi connectivity index (χ0n) is 14.6. The Morgan fingerprint density at radius 2 is 1.75 bits per heavy atom. The number of carbonyl (C=O) groups is 1. The lowest BCUT2D eigenvalue weighted by Gasteiger charge is -2.19. The number of rotatable bonds is 7. The number of ether oxygens (including phenoxy) is 2. The molecule has 0 bridgehead atoms. The molecule has 0 saturated heterocycles. The van der Waals surface area contributed by atoms with Gasteiger partial charge in [0.05, 0.1) is 20.1 Å². The van der Waals surface area contributed by atoms with Crippen LogP contribution in [0.4, 0.5) is 0 Å². The number of carboxylic acid groups (broad SMARTS) is 1. The quantitative estimate of drug-likeness (QED) is 0.835. The Labute approximate surface area is 143 Å². The van der Waals surface area contributed by atoms with Crippen molar-refractivity contribution in [2.45, 2.75) is 32.6 Å². The summed E-state index contributed by atoms with van der Waals surface area (Å²) in [5.74, 6) is -0.257. The van der Waals surface area contributed by atoms with Gasteiger partial charge in [-0.3, -0.25) is 4.79 Å². The molecular formula is C20H24O4. The second kappa shape index (κ2) is 7.86. The molecule has 0 heterocycles. The van der Waals surface area contributed by atoms with Gasteiger partial charge in [0.1, 0.15) is 11.5 Å². The molecule has 0 aliphatic heterocycles. The fourth-order valence-corrected chi connectivity index (χ4v) is 2.89. The molecule has 2 rings (SSSR count). The van der Waals surface area contributed by atoms with Crippen LogP contribution in [0.15, 0.2) is 36.4 Å². The molecule has 0 radical (unpaired) electrons. The van der Waals surface area contributed by atoms with Crippen LogP contribution in [0.25, 0.3) is 0 Å².